The van der Waals surface area contributed by atoms with E-state index in [0.717, 1.165) is 50.5 Å². The third-order valence-electron chi connectivity index (χ3n) is 13.6. The molecule has 4 fully saturated rings. The monoisotopic (exact) mass is 690 g/mol. The smallest absolute Gasteiger partial charge is 0.192 e. The summed E-state index contributed by atoms with van der Waals surface area (Å²) in [5.74, 6) is 7.78. The van der Waals surface area contributed by atoms with E-state index < -0.39 is 23.3 Å². The third-order valence-corrected chi connectivity index (χ3v) is 13.6. The van der Waals surface area contributed by atoms with Crippen LogP contribution in [0.2, 0.25) is 0 Å². The lowest BCUT2D eigenvalue weighted by atomic mass is 9.49. The topological polar surface area (TPSA) is 133 Å². The molecule has 8 nitrogen and oxygen atoms in total. The number of aliphatic imine (C=N–C) groups is 1. The van der Waals surface area contributed by atoms with Crippen LogP contribution in [0.25, 0.3) is 10.9 Å². The van der Waals surface area contributed by atoms with Crippen LogP contribution < -0.4 is 10.6 Å². The fraction of sp³-hybridized carbons (Fsp3) is 0.558. The van der Waals surface area contributed by atoms with E-state index in [4.69, 9.17) is 4.99 Å². The van der Waals surface area contributed by atoms with Crippen molar-refractivity contribution in [3.8, 4) is 11.8 Å². The Kier molecular flexibility index (Phi) is 9.29. The van der Waals surface area contributed by atoms with E-state index in [2.05, 4.69) is 76.0 Å². The second-order valence-electron chi connectivity index (χ2n) is 16.3. The van der Waals surface area contributed by atoms with Crippen molar-refractivity contribution in [2.45, 2.75) is 94.5 Å². The van der Waals surface area contributed by atoms with Gasteiger partial charge in [0, 0.05) is 55.1 Å². The Balaban J connectivity index is 1.18. The number of nitrogens with one attached hydrogen (secondary N) is 3. The number of aromatic nitrogens is 1. The van der Waals surface area contributed by atoms with Gasteiger partial charge in [-0.25, -0.2) is 0 Å². The molecule has 10 unspecified atom stereocenters. The highest BCUT2D eigenvalue weighted by atomic mass is 16.3. The first kappa shape index (κ1) is 34.5. The lowest BCUT2D eigenvalue weighted by molar-refractivity contribution is -0.126. The van der Waals surface area contributed by atoms with Gasteiger partial charge in [0.05, 0.1) is 23.3 Å². The quantitative estimate of drug-likeness (QED) is 0.0564. The van der Waals surface area contributed by atoms with E-state index in [1.165, 1.54) is 22.2 Å². The van der Waals surface area contributed by atoms with Crippen LogP contribution in [0.3, 0.4) is 0 Å². The molecule has 2 aromatic carbocycles. The summed E-state index contributed by atoms with van der Waals surface area (Å²) in [5, 5.41) is 55.2. The standard InChI is InChI=1S/C43H54N4O4/c1-41(50)32-16-18-35-39-36(41)25-38(49)43(39,51)27-33(47-40(44-20-8-22-48)45-21-19-28-9-3-2-4-10-28)17-15-30-12-7-13-31(42(30,35)26-32)24-34-23-29-11-5-6-14-37(29)46-34/h2-6,9-11,13-14,23,30,32-33,35-36,38-39,46,48-51H,7-8,12,16,18-22,24-27H2,1H3,(H2,44,45,47). The second kappa shape index (κ2) is 13.7. The first-order valence-corrected chi connectivity index (χ1v) is 19.3. The molecule has 51 heavy (non-hydrogen) atoms. The molecule has 270 valence electrons. The van der Waals surface area contributed by atoms with E-state index in [1.807, 2.05) is 25.1 Å². The number of aliphatic hydroxyl groups is 4. The number of aromatic amines is 1. The molecule has 0 amide bonds. The normalized spacial score (nSPS) is 36.9. The molecule has 0 aliphatic heterocycles. The summed E-state index contributed by atoms with van der Waals surface area (Å²) in [6, 6.07) is 20.5. The number of hydrogen-bond acceptors (Lipinski definition) is 5. The highest BCUT2D eigenvalue weighted by Crippen LogP contribution is 2.70. The van der Waals surface area contributed by atoms with Gasteiger partial charge in [0.1, 0.15) is 0 Å². The van der Waals surface area contributed by atoms with E-state index in [-0.39, 0.29) is 48.0 Å². The van der Waals surface area contributed by atoms with Crippen molar-refractivity contribution in [2.75, 3.05) is 19.7 Å². The SMILES string of the molecule is CC1(O)C2CCC3C4C1CC(O)C4(O)CC(NC(=NCCCO)NCCc1ccccc1)C#CC1CCC=C(Cc4cc5ccccc5[nH]4)C13C2. The molecule has 0 saturated heterocycles. The Labute approximate surface area is 301 Å². The highest BCUT2D eigenvalue weighted by molar-refractivity contribution is 5.81. The number of rotatable bonds is 9. The molecule has 4 saturated carbocycles. The number of guanidine groups is 1. The number of nitrogens with zero attached hydrogens (tertiary/aromatic N) is 1. The minimum atomic E-state index is -1.43. The first-order chi connectivity index (χ1) is 24.7. The molecular formula is C43H54N4O4. The predicted molar refractivity (Wildman–Crippen MR) is 201 cm³/mol. The van der Waals surface area contributed by atoms with Crippen molar-refractivity contribution < 1.29 is 20.4 Å². The summed E-state index contributed by atoms with van der Waals surface area (Å²) in [6.45, 7) is 3.16. The molecule has 1 spiro atoms. The molecule has 9 rings (SSSR count). The average molecular weight is 691 g/mol. The van der Waals surface area contributed by atoms with Crippen LogP contribution in [-0.2, 0) is 12.8 Å². The van der Waals surface area contributed by atoms with Crippen molar-refractivity contribution >= 4 is 16.9 Å². The number of allylic oxidation sites excluding steroid dienone is 2. The summed E-state index contributed by atoms with van der Waals surface area (Å²) in [5.41, 5.74) is 2.17. The van der Waals surface area contributed by atoms with Gasteiger partial charge in [-0.2, -0.15) is 0 Å². The number of H-pyrrole nitrogens is 1. The van der Waals surface area contributed by atoms with Gasteiger partial charge in [-0.15, -0.1) is 0 Å². The average Bonchev–Trinajstić information content (AvgIpc) is 3.61. The number of aliphatic hydroxyl groups excluding tert-OH is 2. The highest BCUT2D eigenvalue weighted by Gasteiger charge is 2.70. The van der Waals surface area contributed by atoms with Gasteiger partial charge in [0.15, 0.2) is 5.96 Å². The molecule has 10 atom stereocenters. The van der Waals surface area contributed by atoms with Crippen LogP contribution in [0.15, 0.2) is 77.3 Å². The van der Waals surface area contributed by atoms with E-state index in [9.17, 15) is 20.4 Å². The number of benzene rings is 2. The molecule has 3 aromatic rings. The lowest BCUT2D eigenvalue weighted by Gasteiger charge is -2.55. The maximum atomic E-state index is 13.0. The molecule has 8 heteroatoms. The Morgan fingerprint density at radius 2 is 1.82 bits per heavy atom. The molecule has 7 N–H and O–H groups in total. The second-order valence-corrected chi connectivity index (χ2v) is 16.3. The van der Waals surface area contributed by atoms with E-state index in [1.54, 1.807) is 0 Å². The largest absolute Gasteiger partial charge is 0.396 e. The fourth-order valence-corrected chi connectivity index (χ4v) is 11.2. The Morgan fingerprint density at radius 3 is 2.65 bits per heavy atom. The third kappa shape index (κ3) is 6.10. The van der Waals surface area contributed by atoms with Crippen LogP contribution in [0.1, 0.15) is 69.5 Å². The summed E-state index contributed by atoms with van der Waals surface area (Å²) < 4.78 is 0. The van der Waals surface area contributed by atoms with Gasteiger partial charge >= 0.3 is 0 Å². The van der Waals surface area contributed by atoms with Crippen LogP contribution in [-0.4, -0.2) is 74.4 Å². The van der Waals surface area contributed by atoms with Gasteiger partial charge in [0.25, 0.3) is 0 Å². The zero-order chi connectivity index (χ0) is 35.2. The lowest BCUT2D eigenvalue weighted by Crippen LogP contribution is -2.56. The van der Waals surface area contributed by atoms with E-state index in [0.29, 0.717) is 31.9 Å². The van der Waals surface area contributed by atoms with Gasteiger partial charge in [-0.1, -0.05) is 72.0 Å². The number of hydrogen-bond donors (Lipinski definition) is 7. The van der Waals surface area contributed by atoms with Crippen molar-refractivity contribution in [1.29, 1.82) is 0 Å². The molecule has 6 aliphatic rings. The van der Waals surface area contributed by atoms with E-state index >= 15 is 0 Å². The van der Waals surface area contributed by atoms with Crippen molar-refractivity contribution in [2.24, 2.45) is 40.0 Å². The van der Waals surface area contributed by atoms with Gasteiger partial charge in [-0.3, -0.25) is 4.99 Å². The predicted octanol–water partition coefficient (Wildman–Crippen LogP) is 4.88. The summed E-state index contributed by atoms with van der Waals surface area (Å²) in [6.07, 6.45) is 8.81. The Morgan fingerprint density at radius 1 is 1.00 bits per heavy atom. The zero-order valence-corrected chi connectivity index (χ0v) is 29.8. The number of fused-ring (bicyclic) bond motifs is 2. The molecule has 1 heterocycles. The Hall–Kier alpha value is -3.61. The van der Waals surface area contributed by atoms with Crippen LogP contribution in [0.4, 0.5) is 0 Å². The molecule has 4 bridgehead atoms. The molecule has 1 aromatic heterocycles. The summed E-state index contributed by atoms with van der Waals surface area (Å²) in [4.78, 5) is 8.47. The minimum Gasteiger partial charge on any atom is -0.396 e. The van der Waals surface area contributed by atoms with Crippen LogP contribution in [0, 0.1) is 46.8 Å². The zero-order valence-electron chi connectivity index (χ0n) is 29.8. The van der Waals surface area contributed by atoms with Crippen molar-refractivity contribution in [3.05, 3.63) is 83.6 Å². The number of para-hydroxylation sites is 1. The fourth-order valence-electron chi connectivity index (χ4n) is 11.2. The molecule has 6 aliphatic carbocycles. The first-order valence-electron chi connectivity index (χ1n) is 19.3. The summed E-state index contributed by atoms with van der Waals surface area (Å²) >= 11 is 0. The molecule has 0 radical (unpaired) electrons. The minimum absolute atomic E-state index is 0.0550. The summed E-state index contributed by atoms with van der Waals surface area (Å²) in [7, 11) is 0. The van der Waals surface area contributed by atoms with Gasteiger partial charge < -0.3 is 36.0 Å². The maximum Gasteiger partial charge on any atom is 0.192 e. The van der Waals surface area contributed by atoms with Crippen LogP contribution in [0.5, 0.6) is 0 Å². The van der Waals surface area contributed by atoms with Crippen molar-refractivity contribution in [1.82, 2.24) is 15.6 Å². The maximum absolute atomic E-state index is 13.0. The Bertz CT molecular complexity index is 1810. The van der Waals surface area contributed by atoms with Gasteiger partial charge in [-0.05, 0) is 105 Å². The van der Waals surface area contributed by atoms with Crippen LogP contribution >= 0.6 is 0 Å². The molecular weight excluding hydrogens is 636 g/mol. The van der Waals surface area contributed by atoms with Crippen molar-refractivity contribution in [3.63, 3.8) is 0 Å². The van der Waals surface area contributed by atoms with Gasteiger partial charge in [0.2, 0.25) is 0 Å².